The minimum absolute atomic E-state index is 0.579. The zero-order valence-corrected chi connectivity index (χ0v) is 16.0. The number of benzene rings is 2. The van der Waals surface area contributed by atoms with Gasteiger partial charge in [-0.3, -0.25) is 0 Å². The first-order valence-corrected chi connectivity index (χ1v) is 8.67. The van der Waals surface area contributed by atoms with E-state index in [0.717, 1.165) is 20.3 Å². The van der Waals surface area contributed by atoms with Crippen LogP contribution in [0.15, 0.2) is 57.5 Å². The number of hydrogen-bond acceptors (Lipinski definition) is 2. The standard InChI is InChI=1S/C14H11Br2Cl3N2/c15-9-1-5-11(6-2-9)20-13(14(17,18)19)21-12-7-3-10(16)4-8-12/h1-8,13,20-21H. The molecule has 0 aliphatic carbocycles. The van der Waals surface area contributed by atoms with Crippen LogP contribution in [0, 0.1) is 0 Å². The maximum absolute atomic E-state index is 6.05. The number of rotatable bonds is 4. The van der Waals surface area contributed by atoms with Crippen molar-refractivity contribution in [2.24, 2.45) is 0 Å². The predicted octanol–water partition coefficient (Wildman–Crippen LogP) is 6.43. The summed E-state index contributed by atoms with van der Waals surface area (Å²) in [5.74, 6) is 0. The van der Waals surface area contributed by atoms with Crippen molar-refractivity contribution in [1.82, 2.24) is 0 Å². The van der Waals surface area contributed by atoms with E-state index in [2.05, 4.69) is 42.5 Å². The number of nitrogens with one attached hydrogen (secondary N) is 2. The van der Waals surface area contributed by atoms with Gasteiger partial charge in [0.1, 0.15) is 6.17 Å². The number of alkyl halides is 3. The van der Waals surface area contributed by atoms with Gasteiger partial charge >= 0.3 is 0 Å². The molecule has 2 aromatic rings. The fourth-order valence-electron chi connectivity index (χ4n) is 1.63. The molecule has 0 saturated carbocycles. The van der Waals surface area contributed by atoms with E-state index in [-0.39, 0.29) is 0 Å². The molecular formula is C14H11Br2Cl3N2. The van der Waals surface area contributed by atoms with Crippen LogP contribution in [0.3, 0.4) is 0 Å². The lowest BCUT2D eigenvalue weighted by atomic mass is 10.3. The van der Waals surface area contributed by atoms with Crippen LogP contribution < -0.4 is 10.6 Å². The van der Waals surface area contributed by atoms with Crippen LogP contribution in [-0.4, -0.2) is 9.96 Å². The van der Waals surface area contributed by atoms with E-state index < -0.39 is 9.96 Å². The van der Waals surface area contributed by atoms with Gasteiger partial charge in [0.25, 0.3) is 0 Å². The summed E-state index contributed by atoms with van der Waals surface area (Å²) in [6, 6.07) is 15.3. The molecule has 7 heteroatoms. The first-order chi connectivity index (χ1) is 9.84. The number of anilines is 2. The Labute approximate surface area is 155 Å². The van der Waals surface area contributed by atoms with Crippen molar-refractivity contribution in [2.45, 2.75) is 9.96 Å². The van der Waals surface area contributed by atoms with Gasteiger partial charge in [0.05, 0.1) is 0 Å². The summed E-state index contributed by atoms with van der Waals surface area (Å²) in [5.41, 5.74) is 1.69. The Hall–Kier alpha value is -0.130. The molecule has 0 atom stereocenters. The summed E-state index contributed by atoms with van der Waals surface area (Å²) < 4.78 is 0.457. The average Bonchev–Trinajstić information content (AvgIpc) is 2.42. The Morgan fingerprint density at radius 3 is 1.33 bits per heavy atom. The second-order valence-corrected chi connectivity index (χ2v) is 8.48. The van der Waals surface area contributed by atoms with Crippen LogP contribution >= 0.6 is 66.7 Å². The highest BCUT2D eigenvalue weighted by Crippen LogP contribution is 2.33. The van der Waals surface area contributed by atoms with E-state index in [1.165, 1.54) is 0 Å². The summed E-state index contributed by atoms with van der Waals surface area (Å²) in [4.78, 5) is 0. The number of hydrogen-bond donors (Lipinski definition) is 2. The molecule has 0 radical (unpaired) electrons. The summed E-state index contributed by atoms with van der Waals surface area (Å²) >= 11 is 24.9. The van der Waals surface area contributed by atoms with Gasteiger partial charge in [0, 0.05) is 20.3 Å². The molecule has 2 N–H and O–H groups in total. The van der Waals surface area contributed by atoms with E-state index in [0.29, 0.717) is 0 Å². The van der Waals surface area contributed by atoms with Crippen LogP contribution in [0.25, 0.3) is 0 Å². The molecule has 0 aliphatic rings. The highest BCUT2D eigenvalue weighted by Gasteiger charge is 2.32. The van der Waals surface area contributed by atoms with Crippen LogP contribution in [0.4, 0.5) is 11.4 Å². The van der Waals surface area contributed by atoms with Gasteiger partial charge in [-0.05, 0) is 48.5 Å². The third-order valence-corrected chi connectivity index (χ3v) is 4.35. The van der Waals surface area contributed by atoms with Crippen LogP contribution in [0.5, 0.6) is 0 Å². The van der Waals surface area contributed by atoms with Gasteiger partial charge in [-0.15, -0.1) is 0 Å². The fraction of sp³-hybridized carbons (Fsp3) is 0.143. The Balaban J connectivity index is 2.15. The van der Waals surface area contributed by atoms with E-state index >= 15 is 0 Å². The third-order valence-electron chi connectivity index (χ3n) is 2.64. The van der Waals surface area contributed by atoms with E-state index in [4.69, 9.17) is 34.8 Å². The van der Waals surface area contributed by atoms with E-state index in [9.17, 15) is 0 Å². The second-order valence-electron chi connectivity index (χ2n) is 4.28. The van der Waals surface area contributed by atoms with Crippen molar-refractivity contribution in [3.8, 4) is 0 Å². The first kappa shape index (κ1) is 17.2. The molecule has 21 heavy (non-hydrogen) atoms. The minimum Gasteiger partial charge on any atom is -0.362 e. The van der Waals surface area contributed by atoms with Crippen LogP contribution in [0.1, 0.15) is 0 Å². The lowest BCUT2D eigenvalue weighted by molar-refractivity contribution is 0.838. The topological polar surface area (TPSA) is 24.1 Å². The van der Waals surface area contributed by atoms with Gasteiger partial charge in [-0.25, -0.2) is 0 Å². The summed E-state index contributed by atoms with van der Waals surface area (Å²) in [6.45, 7) is 0. The second kappa shape index (κ2) is 7.42. The molecule has 2 rings (SSSR count). The van der Waals surface area contributed by atoms with Crippen molar-refractivity contribution >= 4 is 78.0 Å². The highest BCUT2D eigenvalue weighted by molar-refractivity contribution is 9.10. The monoisotopic (exact) mass is 470 g/mol. The first-order valence-electron chi connectivity index (χ1n) is 5.95. The van der Waals surface area contributed by atoms with Gasteiger partial charge < -0.3 is 10.6 Å². The maximum atomic E-state index is 6.05. The molecule has 2 aromatic carbocycles. The molecule has 112 valence electrons. The SMILES string of the molecule is ClC(Cl)(Cl)C(Nc1ccc(Br)cc1)Nc1ccc(Br)cc1. The summed E-state index contributed by atoms with van der Waals surface area (Å²) in [7, 11) is 0. The molecule has 0 amide bonds. The number of halogens is 5. The van der Waals surface area contributed by atoms with Crippen molar-refractivity contribution in [3.63, 3.8) is 0 Å². The lowest BCUT2D eigenvalue weighted by Gasteiger charge is -2.28. The highest BCUT2D eigenvalue weighted by atomic mass is 79.9. The molecule has 0 bridgehead atoms. The van der Waals surface area contributed by atoms with Gasteiger partial charge in [0.15, 0.2) is 0 Å². The van der Waals surface area contributed by atoms with E-state index in [1.807, 2.05) is 48.5 Å². The smallest absolute Gasteiger partial charge is 0.228 e. The molecular weight excluding hydrogens is 462 g/mol. The lowest BCUT2D eigenvalue weighted by Crippen LogP contribution is -2.40. The molecule has 0 spiro atoms. The normalized spacial score (nSPS) is 11.5. The molecule has 0 fully saturated rings. The Kier molecular flexibility index (Phi) is 6.09. The van der Waals surface area contributed by atoms with Gasteiger partial charge in [-0.1, -0.05) is 66.7 Å². The van der Waals surface area contributed by atoms with Crippen molar-refractivity contribution < 1.29 is 0 Å². The van der Waals surface area contributed by atoms with Crippen molar-refractivity contribution in [1.29, 1.82) is 0 Å². The fourth-order valence-corrected chi connectivity index (χ4v) is 2.48. The largest absolute Gasteiger partial charge is 0.362 e. The third kappa shape index (κ3) is 5.53. The van der Waals surface area contributed by atoms with Crippen molar-refractivity contribution in [2.75, 3.05) is 10.6 Å². The quantitative estimate of drug-likeness (QED) is 0.395. The van der Waals surface area contributed by atoms with Gasteiger partial charge in [-0.2, -0.15) is 0 Å². The summed E-state index contributed by atoms with van der Waals surface area (Å²) in [6.07, 6.45) is -0.579. The Bertz CT molecular complexity index is 535. The summed E-state index contributed by atoms with van der Waals surface area (Å²) in [5, 5.41) is 6.34. The molecule has 0 unspecified atom stereocenters. The molecule has 0 aliphatic heterocycles. The van der Waals surface area contributed by atoms with Crippen molar-refractivity contribution in [3.05, 3.63) is 57.5 Å². The zero-order chi connectivity index (χ0) is 15.5. The zero-order valence-electron chi connectivity index (χ0n) is 10.6. The van der Waals surface area contributed by atoms with E-state index in [1.54, 1.807) is 0 Å². The molecule has 0 heterocycles. The minimum atomic E-state index is -1.51. The van der Waals surface area contributed by atoms with Gasteiger partial charge in [0.2, 0.25) is 3.79 Å². The maximum Gasteiger partial charge on any atom is 0.228 e. The molecule has 0 aromatic heterocycles. The predicted molar refractivity (Wildman–Crippen MR) is 99.6 cm³/mol. The Morgan fingerprint density at radius 1 is 0.714 bits per heavy atom. The molecule has 2 nitrogen and oxygen atoms in total. The Morgan fingerprint density at radius 2 is 1.05 bits per heavy atom. The molecule has 0 saturated heterocycles. The average molecular weight is 473 g/mol. The van der Waals surface area contributed by atoms with Crippen LogP contribution in [0.2, 0.25) is 0 Å². The van der Waals surface area contributed by atoms with Crippen LogP contribution in [-0.2, 0) is 0 Å².